The van der Waals surface area contributed by atoms with Crippen molar-refractivity contribution < 1.29 is 23.8 Å². The number of hydrogen-bond donors (Lipinski definition) is 0. The van der Waals surface area contributed by atoms with E-state index in [0.717, 1.165) is 16.9 Å². The van der Waals surface area contributed by atoms with E-state index in [0.29, 0.717) is 27.8 Å². The number of esters is 2. The molecule has 1 heterocycles. The number of thioether (sulfide) groups is 1. The van der Waals surface area contributed by atoms with Crippen molar-refractivity contribution >= 4 is 40.9 Å². The molecule has 2 aromatic rings. The highest BCUT2D eigenvalue weighted by Gasteiger charge is 2.36. The SMILES string of the molecule is CCOC(=O)C(C(=O)OCC)/C(SCc1ccc(OC)cc1)=C(/CC)c1cc(Cl)ccn1. The van der Waals surface area contributed by atoms with Gasteiger partial charge in [0.2, 0.25) is 0 Å². The lowest BCUT2D eigenvalue weighted by atomic mass is 10.0. The van der Waals surface area contributed by atoms with Gasteiger partial charge < -0.3 is 14.2 Å². The fourth-order valence-electron chi connectivity index (χ4n) is 3.04. The van der Waals surface area contributed by atoms with Gasteiger partial charge in [0.05, 0.1) is 26.0 Å². The fraction of sp³-hybridized carbons (Fsp3) is 0.375. The van der Waals surface area contributed by atoms with E-state index < -0.39 is 17.9 Å². The van der Waals surface area contributed by atoms with Crippen LogP contribution < -0.4 is 4.74 Å². The van der Waals surface area contributed by atoms with Gasteiger partial charge in [-0.25, -0.2) is 0 Å². The van der Waals surface area contributed by atoms with Gasteiger partial charge in [-0.3, -0.25) is 14.6 Å². The quantitative estimate of drug-likeness (QED) is 0.310. The van der Waals surface area contributed by atoms with E-state index in [1.165, 1.54) is 11.8 Å². The lowest BCUT2D eigenvalue weighted by molar-refractivity contribution is -0.159. The molecule has 8 heteroatoms. The molecule has 1 aromatic heterocycles. The molecule has 0 amide bonds. The summed E-state index contributed by atoms with van der Waals surface area (Å²) >= 11 is 7.58. The third-order valence-corrected chi connectivity index (χ3v) is 6.05. The van der Waals surface area contributed by atoms with Gasteiger partial charge in [-0.05, 0) is 55.7 Å². The van der Waals surface area contributed by atoms with Crippen LogP contribution in [-0.4, -0.2) is 37.2 Å². The lowest BCUT2D eigenvalue weighted by Gasteiger charge is -2.21. The van der Waals surface area contributed by atoms with E-state index in [4.69, 9.17) is 25.8 Å². The van der Waals surface area contributed by atoms with Crippen molar-refractivity contribution in [3.63, 3.8) is 0 Å². The van der Waals surface area contributed by atoms with Gasteiger partial charge in [-0.15, -0.1) is 11.8 Å². The number of nitrogens with zero attached hydrogens (tertiary/aromatic N) is 1. The molecule has 0 saturated carbocycles. The maximum Gasteiger partial charge on any atom is 0.325 e. The first-order chi connectivity index (χ1) is 15.4. The number of ether oxygens (including phenoxy) is 3. The van der Waals surface area contributed by atoms with Crippen LogP contribution in [0.3, 0.4) is 0 Å². The molecule has 172 valence electrons. The van der Waals surface area contributed by atoms with Crippen molar-refractivity contribution in [1.29, 1.82) is 0 Å². The van der Waals surface area contributed by atoms with E-state index in [1.54, 1.807) is 39.3 Å². The predicted molar refractivity (Wildman–Crippen MR) is 128 cm³/mol. The zero-order chi connectivity index (χ0) is 23.5. The van der Waals surface area contributed by atoms with Crippen LogP contribution in [0.5, 0.6) is 5.75 Å². The van der Waals surface area contributed by atoms with Gasteiger partial charge in [0.1, 0.15) is 5.75 Å². The van der Waals surface area contributed by atoms with E-state index in [9.17, 15) is 9.59 Å². The maximum atomic E-state index is 12.9. The van der Waals surface area contributed by atoms with E-state index in [2.05, 4.69) is 4.98 Å². The van der Waals surface area contributed by atoms with Crippen LogP contribution in [0.15, 0.2) is 47.5 Å². The predicted octanol–water partition coefficient (Wildman–Crippen LogP) is 5.54. The summed E-state index contributed by atoms with van der Waals surface area (Å²) < 4.78 is 15.7. The molecule has 0 unspecified atom stereocenters. The van der Waals surface area contributed by atoms with Gasteiger partial charge in [-0.1, -0.05) is 30.7 Å². The summed E-state index contributed by atoms with van der Waals surface area (Å²) in [6.07, 6.45) is 2.14. The first-order valence-corrected chi connectivity index (χ1v) is 11.7. The maximum absolute atomic E-state index is 12.9. The van der Waals surface area contributed by atoms with Crippen LogP contribution in [-0.2, 0) is 24.8 Å². The average Bonchev–Trinajstić information content (AvgIpc) is 2.78. The van der Waals surface area contributed by atoms with Crippen molar-refractivity contribution in [3.8, 4) is 5.75 Å². The molecule has 0 aliphatic rings. The van der Waals surface area contributed by atoms with E-state index in [-0.39, 0.29) is 13.2 Å². The third kappa shape index (κ3) is 7.00. The molecular weight excluding hydrogens is 450 g/mol. The standard InChI is InChI=1S/C24H28ClNO5S/c1-5-19(20-14-17(25)12-13-26-20)22(21(23(27)30-6-2)24(28)31-7-3)32-15-16-8-10-18(29-4)11-9-16/h8-14,21H,5-7,15H2,1-4H3/b22-19+. The number of benzene rings is 1. The third-order valence-electron chi connectivity index (χ3n) is 4.54. The van der Waals surface area contributed by atoms with Crippen molar-refractivity contribution in [2.75, 3.05) is 20.3 Å². The number of carbonyl (C=O) groups is 2. The Bertz CT molecular complexity index is 928. The normalized spacial score (nSPS) is 11.7. The minimum absolute atomic E-state index is 0.155. The summed E-state index contributed by atoms with van der Waals surface area (Å²) in [5, 5.41) is 0.518. The fourth-order valence-corrected chi connectivity index (χ4v) is 4.50. The zero-order valence-electron chi connectivity index (χ0n) is 18.7. The Hall–Kier alpha value is -2.51. The monoisotopic (exact) mass is 477 g/mol. The number of methoxy groups -OCH3 is 1. The summed E-state index contributed by atoms with van der Waals surface area (Å²) in [5.74, 6) is -1.21. The van der Waals surface area contributed by atoms with E-state index >= 15 is 0 Å². The average molecular weight is 478 g/mol. The summed E-state index contributed by atoms with van der Waals surface area (Å²) in [4.78, 5) is 30.7. The molecule has 0 spiro atoms. The second-order valence-corrected chi connectivity index (χ2v) is 8.08. The number of allylic oxidation sites excluding steroid dienone is 1. The smallest absolute Gasteiger partial charge is 0.325 e. The van der Waals surface area contributed by atoms with Crippen molar-refractivity contribution in [3.05, 3.63) is 63.8 Å². The van der Waals surface area contributed by atoms with Crippen molar-refractivity contribution in [2.24, 2.45) is 5.92 Å². The second kappa shape index (κ2) is 13.1. The van der Waals surface area contributed by atoms with Crippen LogP contribution in [0.1, 0.15) is 38.4 Å². The number of halogens is 1. The molecule has 0 bridgehead atoms. The molecule has 2 rings (SSSR count). The van der Waals surface area contributed by atoms with Crippen LogP contribution in [0, 0.1) is 5.92 Å². The largest absolute Gasteiger partial charge is 0.497 e. The lowest BCUT2D eigenvalue weighted by Crippen LogP contribution is -2.30. The Balaban J connectivity index is 2.55. The number of aromatic nitrogens is 1. The second-order valence-electron chi connectivity index (χ2n) is 6.63. The van der Waals surface area contributed by atoms with Gasteiger partial charge in [0.25, 0.3) is 0 Å². The molecule has 0 atom stereocenters. The number of carbonyl (C=O) groups excluding carboxylic acids is 2. The summed E-state index contributed by atoms with van der Waals surface area (Å²) in [5.41, 5.74) is 2.36. The van der Waals surface area contributed by atoms with Gasteiger partial charge in [-0.2, -0.15) is 0 Å². The highest BCUT2D eigenvalue weighted by atomic mass is 35.5. The molecule has 0 radical (unpaired) electrons. The number of hydrogen-bond acceptors (Lipinski definition) is 7. The van der Waals surface area contributed by atoms with Gasteiger partial charge in [0.15, 0.2) is 5.92 Å². The van der Waals surface area contributed by atoms with Gasteiger partial charge in [0, 0.05) is 21.9 Å². The van der Waals surface area contributed by atoms with Crippen LogP contribution in [0.2, 0.25) is 5.02 Å². The number of pyridine rings is 1. The van der Waals surface area contributed by atoms with E-state index in [1.807, 2.05) is 31.2 Å². The summed E-state index contributed by atoms with van der Waals surface area (Å²) in [6.45, 7) is 5.66. The first-order valence-electron chi connectivity index (χ1n) is 10.4. The Morgan fingerprint density at radius 1 is 1.03 bits per heavy atom. The highest BCUT2D eigenvalue weighted by molar-refractivity contribution is 8.02. The van der Waals surface area contributed by atoms with Crippen molar-refractivity contribution in [1.82, 2.24) is 4.98 Å². The molecule has 0 aliphatic heterocycles. The molecule has 32 heavy (non-hydrogen) atoms. The zero-order valence-corrected chi connectivity index (χ0v) is 20.3. The highest BCUT2D eigenvalue weighted by Crippen LogP contribution is 2.38. The summed E-state index contributed by atoms with van der Waals surface area (Å²) in [7, 11) is 1.61. The molecule has 6 nitrogen and oxygen atoms in total. The molecule has 0 saturated heterocycles. The minimum atomic E-state index is -1.20. The molecule has 0 aliphatic carbocycles. The Labute approximate surface area is 198 Å². The van der Waals surface area contributed by atoms with Crippen LogP contribution >= 0.6 is 23.4 Å². The Morgan fingerprint density at radius 2 is 1.66 bits per heavy atom. The van der Waals surface area contributed by atoms with Crippen LogP contribution in [0.4, 0.5) is 0 Å². The molecule has 0 N–H and O–H groups in total. The Morgan fingerprint density at radius 3 is 2.16 bits per heavy atom. The first kappa shape index (κ1) is 25.7. The molecule has 0 fully saturated rings. The Kier molecular flexibility index (Phi) is 10.6. The van der Waals surface area contributed by atoms with Gasteiger partial charge >= 0.3 is 11.9 Å². The van der Waals surface area contributed by atoms with Crippen molar-refractivity contribution in [2.45, 2.75) is 32.9 Å². The van der Waals surface area contributed by atoms with Crippen LogP contribution in [0.25, 0.3) is 5.57 Å². The molecule has 1 aromatic carbocycles. The number of rotatable bonds is 11. The topological polar surface area (TPSA) is 74.7 Å². The summed E-state index contributed by atoms with van der Waals surface area (Å²) in [6, 6.07) is 11.0. The minimum Gasteiger partial charge on any atom is -0.497 e. The molecular formula is C24H28ClNO5S.